The zero-order valence-electron chi connectivity index (χ0n) is 18.7. The third-order valence-electron chi connectivity index (χ3n) is 6.46. The van der Waals surface area contributed by atoms with Crippen molar-refractivity contribution < 1.29 is 8.78 Å². The zero-order valence-corrected chi connectivity index (χ0v) is 19.5. The van der Waals surface area contributed by atoms with E-state index in [4.69, 9.17) is 11.8 Å². The number of benzene rings is 1. The number of aromatic nitrogens is 6. The van der Waals surface area contributed by atoms with E-state index in [1.54, 1.807) is 10.9 Å². The Kier molecular flexibility index (Phi) is 5.58. The average Bonchev–Trinajstić information content (AvgIpc) is 3.58. The molecule has 5 heterocycles. The summed E-state index contributed by atoms with van der Waals surface area (Å²) < 4.78 is 32.6. The number of pyridine rings is 1. The van der Waals surface area contributed by atoms with Crippen LogP contribution in [0.2, 0.25) is 0 Å². The van der Waals surface area contributed by atoms with Gasteiger partial charge in [0, 0.05) is 71.6 Å². The molecule has 178 valence electrons. The summed E-state index contributed by atoms with van der Waals surface area (Å²) in [6, 6.07) is 5.92. The highest BCUT2D eigenvalue weighted by atomic mass is 35.5. The molecule has 0 radical (unpaired) electrons. The van der Waals surface area contributed by atoms with Crippen LogP contribution in [0.4, 0.5) is 8.78 Å². The monoisotopic (exact) mass is 493 g/mol. The summed E-state index contributed by atoms with van der Waals surface area (Å²) >= 11 is 6.09. The van der Waals surface area contributed by atoms with Crippen molar-refractivity contribution in [3.8, 4) is 22.3 Å². The van der Waals surface area contributed by atoms with Crippen LogP contribution in [0, 0.1) is 11.6 Å². The first-order valence-electron chi connectivity index (χ1n) is 11.4. The minimum Gasteiger partial charge on any atom is -0.346 e. The minimum absolute atomic E-state index is 0.266. The van der Waals surface area contributed by atoms with Gasteiger partial charge in [0.25, 0.3) is 0 Å². The Morgan fingerprint density at radius 3 is 2.49 bits per heavy atom. The molecule has 0 spiro atoms. The fraction of sp³-hybridized carbons (Fsp3) is 0.240. The molecular weight excluding hydrogens is 472 g/mol. The molecule has 1 saturated heterocycles. The van der Waals surface area contributed by atoms with Gasteiger partial charge in [-0.05, 0) is 48.4 Å². The second kappa shape index (κ2) is 8.90. The Balaban J connectivity index is 1.27. The van der Waals surface area contributed by atoms with Gasteiger partial charge in [0.05, 0.1) is 25.0 Å². The third kappa shape index (κ3) is 4.44. The molecule has 0 atom stereocenters. The Labute approximate surface area is 205 Å². The summed E-state index contributed by atoms with van der Waals surface area (Å²) in [4.78, 5) is 7.82. The van der Waals surface area contributed by atoms with E-state index in [0.717, 1.165) is 65.3 Å². The lowest BCUT2D eigenvalue weighted by molar-refractivity contribution is 0.269. The highest BCUT2D eigenvalue weighted by Crippen LogP contribution is 2.32. The topological polar surface area (TPSA) is 67.6 Å². The molecule has 0 saturated carbocycles. The van der Waals surface area contributed by atoms with Gasteiger partial charge in [-0.25, -0.2) is 18.2 Å². The van der Waals surface area contributed by atoms with Crippen LogP contribution in [0.25, 0.3) is 33.3 Å². The molecule has 1 aliphatic heterocycles. The van der Waals surface area contributed by atoms with E-state index in [-0.39, 0.29) is 6.54 Å². The van der Waals surface area contributed by atoms with Gasteiger partial charge in [-0.2, -0.15) is 10.2 Å². The first-order chi connectivity index (χ1) is 17.0. The van der Waals surface area contributed by atoms with Crippen LogP contribution in [0.15, 0.2) is 61.4 Å². The van der Waals surface area contributed by atoms with Gasteiger partial charge < -0.3 is 4.98 Å². The first-order valence-corrected chi connectivity index (χ1v) is 11.8. The van der Waals surface area contributed by atoms with E-state index in [2.05, 4.69) is 32.4 Å². The van der Waals surface area contributed by atoms with E-state index in [1.165, 1.54) is 12.1 Å². The van der Waals surface area contributed by atoms with Crippen LogP contribution in [-0.4, -0.2) is 47.0 Å². The average molecular weight is 494 g/mol. The number of halogens is 3. The highest BCUT2D eigenvalue weighted by Gasteiger charge is 2.20. The smallest absolute Gasteiger partial charge is 0.137 e. The van der Waals surface area contributed by atoms with E-state index in [9.17, 15) is 8.78 Å². The Bertz CT molecular complexity index is 1480. The molecule has 1 aliphatic rings. The molecule has 0 bridgehead atoms. The maximum atomic E-state index is 13.5. The molecule has 1 fully saturated rings. The minimum atomic E-state index is -0.601. The fourth-order valence-corrected chi connectivity index (χ4v) is 4.86. The number of fused-ring (bicyclic) bond motifs is 1. The Hall–Kier alpha value is -3.56. The lowest BCUT2D eigenvalue weighted by Crippen LogP contribution is -2.28. The maximum absolute atomic E-state index is 13.5. The van der Waals surface area contributed by atoms with E-state index in [0.29, 0.717) is 11.6 Å². The lowest BCUT2D eigenvalue weighted by Gasteiger charge is -2.27. The molecule has 4 aromatic heterocycles. The second-order valence-electron chi connectivity index (χ2n) is 8.88. The molecule has 7 nitrogen and oxygen atoms in total. The van der Waals surface area contributed by atoms with Crippen molar-refractivity contribution >= 4 is 22.8 Å². The van der Waals surface area contributed by atoms with Crippen LogP contribution in [0.3, 0.4) is 0 Å². The van der Waals surface area contributed by atoms with Crippen molar-refractivity contribution in [1.29, 1.82) is 0 Å². The SMILES string of the molecule is Fc1cc(F)cc(Cn2cc(-c3c[nH]c4ncc(-c5cnn(C6CCN(Cl)CC6)c5)cc34)cn2)c1. The number of H-pyrrole nitrogens is 1. The van der Waals surface area contributed by atoms with Crippen molar-refractivity contribution in [3.05, 3.63) is 78.6 Å². The zero-order chi connectivity index (χ0) is 23.9. The van der Waals surface area contributed by atoms with Gasteiger partial charge in [-0.15, -0.1) is 0 Å². The third-order valence-corrected chi connectivity index (χ3v) is 6.80. The Morgan fingerprint density at radius 2 is 1.69 bits per heavy atom. The number of hydrogen-bond donors (Lipinski definition) is 1. The fourth-order valence-electron chi connectivity index (χ4n) is 4.66. The van der Waals surface area contributed by atoms with Crippen LogP contribution >= 0.6 is 11.8 Å². The summed E-state index contributed by atoms with van der Waals surface area (Å²) in [7, 11) is 0. The molecule has 35 heavy (non-hydrogen) atoms. The lowest BCUT2D eigenvalue weighted by atomic mass is 10.1. The summed E-state index contributed by atoms with van der Waals surface area (Å²) in [5, 5.41) is 9.94. The van der Waals surface area contributed by atoms with Crippen LogP contribution in [-0.2, 0) is 6.54 Å². The molecule has 5 aromatic rings. The van der Waals surface area contributed by atoms with Gasteiger partial charge in [0.15, 0.2) is 0 Å². The van der Waals surface area contributed by atoms with Crippen molar-refractivity contribution in [2.75, 3.05) is 13.1 Å². The predicted octanol–water partition coefficient (Wildman–Crippen LogP) is 5.41. The summed E-state index contributed by atoms with van der Waals surface area (Å²) in [5.74, 6) is -1.20. The van der Waals surface area contributed by atoms with Gasteiger partial charge >= 0.3 is 0 Å². The highest BCUT2D eigenvalue weighted by molar-refractivity contribution is 6.13. The number of nitrogens with one attached hydrogen (secondary N) is 1. The molecule has 6 rings (SSSR count). The van der Waals surface area contributed by atoms with Crippen LogP contribution < -0.4 is 0 Å². The second-order valence-corrected chi connectivity index (χ2v) is 9.35. The maximum Gasteiger partial charge on any atom is 0.137 e. The standard InChI is InChI=1S/C25H22ClF2N7/c26-33-3-1-22(2-4-33)35-15-18(10-32-35)17-7-23-24(12-30-25(23)29-9-17)19-11-31-34(14-19)13-16-5-20(27)8-21(28)6-16/h5-12,14-15,22H,1-4,13H2,(H,29,30). The molecule has 1 N–H and O–H groups in total. The normalized spacial score (nSPS) is 15.3. The molecule has 0 unspecified atom stereocenters. The Morgan fingerprint density at radius 1 is 0.914 bits per heavy atom. The van der Waals surface area contributed by atoms with Crippen LogP contribution in [0.5, 0.6) is 0 Å². The van der Waals surface area contributed by atoms with E-state index < -0.39 is 11.6 Å². The van der Waals surface area contributed by atoms with Crippen molar-refractivity contribution in [2.45, 2.75) is 25.4 Å². The summed E-state index contributed by atoms with van der Waals surface area (Å²) in [6.45, 7) is 1.97. The van der Waals surface area contributed by atoms with Gasteiger partial charge in [0.1, 0.15) is 17.3 Å². The van der Waals surface area contributed by atoms with E-state index in [1.807, 2.05) is 33.9 Å². The number of piperidine rings is 1. The molecule has 0 amide bonds. The van der Waals surface area contributed by atoms with Crippen molar-refractivity contribution in [3.63, 3.8) is 0 Å². The molecule has 0 aliphatic carbocycles. The molecule has 1 aromatic carbocycles. The van der Waals surface area contributed by atoms with Gasteiger partial charge in [-0.3, -0.25) is 9.36 Å². The summed E-state index contributed by atoms with van der Waals surface area (Å²) in [5.41, 5.74) is 5.09. The first kappa shape index (κ1) is 21.9. The van der Waals surface area contributed by atoms with E-state index >= 15 is 0 Å². The largest absolute Gasteiger partial charge is 0.346 e. The quantitative estimate of drug-likeness (QED) is 0.332. The molecular formula is C25H22ClF2N7. The number of aromatic amines is 1. The number of rotatable bonds is 5. The molecule has 10 heteroatoms. The number of hydrogen-bond acceptors (Lipinski definition) is 4. The summed E-state index contributed by atoms with van der Waals surface area (Å²) in [6.07, 6.45) is 13.2. The van der Waals surface area contributed by atoms with Gasteiger partial charge in [-0.1, -0.05) is 0 Å². The predicted molar refractivity (Wildman–Crippen MR) is 130 cm³/mol. The number of nitrogens with zero attached hydrogens (tertiary/aromatic N) is 6. The van der Waals surface area contributed by atoms with Gasteiger partial charge in [0.2, 0.25) is 0 Å². The van der Waals surface area contributed by atoms with Crippen molar-refractivity contribution in [1.82, 2.24) is 33.9 Å². The van der Waals surface area contributed by atoms with Crippen LogP contribution in [0.1, 0.15) is 24.4 Å². The van der Waals surface area contributed by atoms with Crippen molar-refractivity contribution in [2.24, 2.45) is 0 Å².